The summed E-state index contributed by atoms with van der Waals surface area (Å²) < 4.78 is 5.14. The molecule has 4 N–H and O–H groups in total. The van der Waals surface area contributed by atoms with Gasteiger partial charge in [0.25, 0.3) is 0 Å². The van der Waals surface area contributed by atoms with Gasteiger partial charge in [-0.1, -0.05) is 30.3 Å². The van der Waals surface area contributed by atoms with Gasteiger partial charge in [0.1, 0.15) is 17.8 Å². The van der Waals surface area contributed by atoms with Crippen molar-refractivity contribution in [3.63, 3.8) is 0 Å². The maximum Gasteiger partial charge on any atom is 0.112 e. The molecule has 1 saturated heterocycles. The number of aliphatic hydroxyl groups is 3. The van der Waals surface area contributed by atoms with Crippen molar-refractivity contribution >= 4 is 0 Å². The minimum absolute atomic E-state index is 0.0577. The van der Waals surface area contributed by atoms with E-state index < -0.39 is 17.8 Å². The predicted molar refractivity (Wildman–Crippen MR) is 70.5 cm³/mol. The lowest BCUT2D eigenvalue weighted by Crippen LogP contribution is -2.54. The van der Waals surface area contributed by atoms with Crippen LogP contribution in [0.4, 0.5) is 0 Å². The van der Waals surface area contributed by atoms with Crippen molar-refractivity contribution in [3.05, 3.63) is 35.9 Å². The fourth-order valence-electron chi connectivity index (χ4n) is 2.26. The van der Waals surface area contributed by atoms with E-state index in [0.29, 0.717) is 19.6 Å². The van der Waals surface area contributed by atoms with Crippen molar-refractivity contribution in [2.75, 3.05) is 19.8 Å². The zero-order valence-electron chi connectivity index (χ0n) is 10.8. The minimum Gasteiger partial charge on any atom is -0.388 e. The summed E-state index contributed by atoms with van der Waals surface area (Å²) in [6.45, 7) is 1.20. The van der Waals surface area contributed by atoms with Crippen LogP contribution in [0.15, 0.2) is 30.3 Å². The highest BCUT2D eigenvalue weighted by Gasteiger charge is 2.41. The van der Waals surface area contributed by atoms with E-state index in [2.05, 4.69) is 5.32 Å². The third kappa shape index (κ3) is 3.75. The molecule has 0 radical (unpaired) electrons. The minimum atomic E-state index is -1.36. The van der Waals surface area contributed by atoms with Crippen molar-refractivity contribution in [2.24, 2.45) is 0 Å². The Hall–Kier alpha value is -0.980. The van der Waals surface area contributed by atoms with Crippen molar-refractivity contribution in [2.45, 2.75) is 30.8 Å². The molecule has 0 aliphatic carbocycles. The second-order valence-electron chi connectivity index (χ2n) is 5.03. The Bertz CT molecular complexity index is 386. The molecule has 1 aliphatic heterocycles. The van der Waals surface area contributed by atoms with E-state index in [1.165, 1.54) is 0 Å². The summed E-state index contributed by atoms with van der Waals surface area (Å²) in [4.78, 5) is 0. The Labute approximate surface area is 112 Å². The van der Waals surface area contributed by atoms with Crippen LogP contribution in [-0.4, -0.2) is 52.9 Å². The second kappa shape index (κ2) is 6.45. The molecular weight excluding hydrogens is 246 g/mol. The maximum atomic E-state index is 10.4. The van der Waals surface area contributed by atoms with E-state index in [0.717, 1.165) is 5.56 Å². The van der Waals surface area contributed by atoms with Crippen molar-refractivity contribution < 1.29 is 20.1 Å². The zero-order valence-corrected chi connectivity index (χ0v) is 10.8. The molecule has 1 aromatic carbocycles. The van der Waals surface area contributed by atoms with Gasteiger partial charge in [-0.05, 0) is 5.56 Å². The van der Waals surface area contributed by atoms with Gasteiger partial charge < -0.3 is 25.4 Å². The lowest BCUT2D eigenvalue weighted by molar-refractivity contribution is -0.119. The molecule has 5 heteroatoms. The van der Waals surface area contributed by atoms with Crippen LogP contribution in [0.5, 0.6) is 0 Å². The zero-order chi connectivity index (χ0) is 13.7. The summed E-state index contributed by atoms with van der Waals surface area (Å²) in [5, 5.41) is 33.1. The molecule has 2 rings (SSSR count). The van der Waals surface area contributed by atoms with Gasteiger partial charge in [0, 0.05) is 26.1 Å². The van der Waals surface area contributed by atoms with Crippen molar-refractivity contribution in [1.82, 2.24) is 5.32 Å². The van der Waals surface area contributed by atoms with Crippen LogP contribution in [0.3, 0.4) is 0 Å². The number of nitrogens with one attached hydrogen (secondary N) is 1. The van der Waals surface area contributed by atoms with E-state index in [1.807, 2.05) is 30.3 Å². The number of rotatable bonds is 4. The van der Waals surface area contributed by atoms with Gasteiger partial charge in [-0.3, -0.25) is 0 Å². The molecule has 1 aliphatic rings. The first-order valence-corrected chi connectivity index (χ1v) is 6.53. The normalized spacial score (nSPS) is 31.9. The van der Waals surface area contributed by atoms with Crippen LogP contribution in [0.2, 0.25) is 0 Å². The van der Waals surface area contributed by atoms with Gasteiger partial charge in [0.2, 0.25) is 0 Å². The number of ether oxygens (including phenoxy) is 1. The largest absolute Gasteiger partial charge is 0.388 e. The summed E-state index contributed by atoms with van der Waals surface area (Å²) in [7, 11) is 0. The fraction of sp³-hybridized carbons (Fsp3) is 0.571. The van der Waals surface area contributed by atoms with Crippen LogP contribution < -0.4 is 5.32 Å². The molecule has 1 heterocycles. The highest BCUT2D eigenvalue weighted by Crippen LogP contribution is 2.21. The first kappa shape index (κ1) is 14.4. The topological polar surface area (TPSA) is 82.0 Å². The summed E-state index contributed by atoms with van der Waals surface area (Å²) in [5.74, 6) is 0. The van der Waals surface area contributed by atoms with Gasteiger partial charge in [0.15, 0.2) is 0 Å². The summed E-state index contributed by atoms with van der Waals surface area (Å²) in [6.07, 6.45) is -1.95. The SMILES string of the molecule is O[C@@H]1COCC[C@](O)(CNCc2ccccc2)[C@H]1O. The monoisotopic (exact) mass is 267 g/mol. The molecule has 106 valence electrons. The predicted octanol–water partition coefficient (Wildman–Crippen LogP) is -0.351. The summed E-state index contributed by atoms with van der Waals surface area (Å²) >= 11 is 0. The molecular formula is C14H21NO4. The second-order valence-corrected chi connectivity index (χ2v) is 5.03. The quantitative estimate of drug-likeness (QED) is 0.599. The average Bonchev–Trinajstić information content (AvgIpc) is 2.54. The number of benzene rings is 1. The van der Waals surface area contributed by atoms with Crippen molar-refractivity contribution in [1.29, 1.82) is 0 Å². The maximum absolute atomic E-state index is 10.4. The Kier molecular flexibility index (Phi) is 4.90. The van der Waals surface area contributed by atoms with Crippen LogP contribution in [-0.2, 0) is 11.3 Å². The lowest BCUT2D eigenvalue weighted by Gasteiger charge is -2.33. The van der Waals surface area contributed by atoms with E-state index in [9.17, 15) is 15.3 Å². The molecule has 0 bridgehead atoms. The molecule has 0 aromatic heterocycles. The molecule has 1 aromatic rings. The van der Waals surface area contributed by atoms with Crippen LogP contribution in [0, 0.1) is 0 Å². The van der Waals surface area contributed by atoms with E-state index >= 15 is 0 Å². The van der Waals surface area contributed by atoms with Crippen LogP contribution in [0.25, 0.3) is 0 Å². The van der Waals surface area contributed by atoms with Gasteiger partial charge >= 0.3 is 0 Å². The number of hydrogen-bond donors (Lipinski definition) is 4. The van der Waals surface area contributed by atoms with Gasteiger partial charge in [0.05, 0.1) is 6.61 Å². The third-order valence-corrected chi connectivity index (χ3v) is 3.49. The fourth-order valence-corrected chi connectivity index (χ4v) is 2.26. The smallest absolute Gasteiger partial charge is 0.112 e. The summed E-state index contributed by atoms with van der Waals surface area (Å²) in [6, 6.07) is 9.81. The van der Waals surface area contributed by atoms with Gasteiger partial charge in [-0.2, -0.15) is 0 Å². The first-order valence-electron chi connectivity index (χ1n) is 6.53. The molecule has 0 spiro atoms. The highest BCUT2D eigenvalue weighted by molar-refractivity contribution is 5.14. The standard InChI is InChI=1S/C14H21NO4/c16-12-9-19-7-6-14(18,13(12)17)10-15-8-11-4-2-1-3-5-11/h1-5,12-13,15-18H,6-10H2/t12-,13+,14+/m1/s1. The van der Waals surface area contributed by atoms with E-state index in [4.69, 9.17) is 4.74 Å². The molecule has 0 unspecified atom stereocenters. The van der Waals surface area contributed by atoms with E-state index in [-0.39, 0.29) is 13.2 Å². The molecule has 1 fully saturated rings. The molecule has 19 heavy (non-hydrogen) atoms. The Balaban J connectivity index is 1.89. The molecule has 0 saturated carbocycles. The molecule has 5 nitrogen and oxygen atoms in total. The van der Waals surface area contributed by atoms with Crippen molar-refractivity contribution in [3.8, 4) is 0 Å². The highest BCUT2D eigenvalue weighted by atomic mass is 16.5. The first-order chi connectivity index (χ1) is 9.12. The van der Waals surface area contributed by atoms with Crippen LogP contribution in [0.1, 0.15) is 12.0 Å². The average molecular weight is 267 g/mol. The summed E-state index contributed by atoms with van der Waals surface area (Å²) in [5.41, 5.74) is -0.254. The van der Waals surface area contributed by atoms with Crippen LogP contribution >= 0.6 is 0 Å². The number of aliphatic hydroxyl groups excluding tert-OH is 2. The molecule has 3 atom stereocenters. The lowest BCUT2D eigenvalue weighted by atomic mass is 9.90. The Morgan fingerprint density at radius 2 is 2.00 bits per heavy atom. The van der Waals surface area contributed by atoms with E-state index in [1.54, 1.807) is 0 Å². The third-order valence-electron chi connectivity index (χ3n) is 3.49. The van der Waals surface area contributed by atoms with Gasteiger partial charge in [-0.25, -0.2) is 0 Å². The van der Waals surface area contributed by atoms with Gasteiger partial charge in [-0.15, -0.1) is 0 Å². The molecule has 0 amide bonds. The Morgan fingerprint density at radius 3 is 2.74 bits per heavy atom. The number of hydrogen-bond acceptors (Lipinski definition) is 5. The Morgan fingerprint density at radius 1 is 1.26 bits per heavy atom.